The van der Waals surface area contributed by atoms with Crippen molar-refractivity contribution < 1.29 is 5.11 Å². The minimum absolute atomic E-state index is 0.164. The number of hydrogen-bond donors (Lipinski definition) is 2. The van der Waals surface area contributed by atoms with Gasteiger partial charge in [0.15, 0.2) is 0 Å². The van der Waals surface area contributed by atoms with Crippen molar-refractivity contribution in [1.82, 2.24) is 15.4 Å². The highest BCUT2D eigenvalue weighted by Gasteiger charge is 2.35. The van der Waals surface area contributed by atoms with Gasteiger partial charge in [-0.3, -0.25) is 0 Å². The van der Waals surface area contributed by atoms with Gasteiger partial charge in [0.1, 0.15) is 11.6 Å². The Kier molecular flexibility index (Phi) is 3.72. The van der Waals surface area contributed by atoms with Crippen LogP contribution in [0.15, 0.2) is 41.8 Å². The van der Waals surface area contributed by atoms with Gasteiger partial charge in [-0.05, 0) is 32.4 Å². The van der Waals surface area contributed by atoms with Crippen LogP contribution >= 0.6 is 0 Å². The molecule has 0 saturated heterocycles. The summed E-state index contributed by atoms with van der Waals surface area (Å²) in [5.41, 5.74) is 6.97. The van der Waals surface area contributed by atoms with Crippen LogP contribution in [-0.2, 0) is 0 Å². The highest BCUT2D eigenvalue weighted by atomic mass is 16.3. The lowest BCUT2D eigenvalue weighted by molar-refractivity contribution is 0.385. The molecule has 1 atom stereocenters. The number of hydrazine groups is 1. The molecular formula is C17H17N5O. The topological polar surface area (TPSA) is 85.1 Å². The van der Waals surface area contributed by atoms with E-state index in [2.05, 4.69) is 21.5 Å². The van der Waals surface area contributed by atoms with Gasteiger partial charge in [0.2, 0.25) is 11.8 Å². The molecule has 0 bridgehead atoms. The SMILES string of the molecule is Cc1ccc([C@@H]2NN(c3nc(C)cc(C)n3)C(O)=C2C#N)cc1. The zero-order valence-corrected chi connectivity index (χ0v) is 13.2. The summed E-state index contributed by atoms with van der Waals surface area (Å²) >= 11 is 0. The second-order valence-corrected chi connectivity index (χ2v) is 5.61. The van der Waals surface area contributed by atoms with E-state index in [1.165, 1.54) is 5.01 Å². The van der Waals surface area contributed by atoms with Gasteiger partial charge in [-0.15, -0.1) is 0 Å². The highest BCUT2D eigenvalue weighted by molar-refractivity contribution is 5.51. The van der Waals surface area contributed by atoms with Gasteiger partial charge in [-0.25, -0.2) is 20.4 Å². The van der Waals surface area contributed by atoms with Gasteiger partial charge in [0.25, 0.3) is 0 Å². The molecule has 2 heterocycles. The number of aliphatic hydroxyl groups is 1. The molecule has 2 N–H and O–H groups in total. The van der Waals surface area contributed by atoms with Crippen LogP contribution in [0, 0.1) is 32.1 Å². The van der Waals surface area contributed by atoms with Gasteiger partial charge < -0.3 is 5.11 Å². The number of aromatic nitrogens is 2. The normalized spacial score (nSPS) is 17.5. The number of anilines is 1. The quantitative estimate of drug-likeness (QED) is 0.887. The number of aryl methyl sites for hydroxylation is 3. The summed E-state index contributed by atoms with van der Waals surface area (Å²) < 4.78 is 0. The molecule has 1 aromatic heterocycles. The Hall–Kier alpha value is -2.91. The first kappa shape index (κ1) is 15.0. The molecule has 1 aromatic carbocycles. The summed E-state index contributed by atoms with van der Waals surface area (Å²) in [6.07, 6.45) is 0. The summed E-state index contributed by atoms with van der Waals surface area (Å²) in [4.78, 5) is 8.65. The average Bonchev–Trinajstić information content (AvgIpc) is 2.84. The van der Waals surface area contributed by atoms with Crippen molar-refractivity contribution in [2.24, 2.45) is 0 Å². The first-order valence-electron chi connectivity index (χ1n) is 7.28. The van der Waals surface area contributed by atoms with E-state index in [1.54, 1.807) is 0 Å². The van der Waals surface area contributed by atoms with Crippen molar-refractivity contribution in [1.29, 1.82) is 5.26 Å². The molecule has 0 amide bonds. The molecule has 1 aliphatic heterocycles. The summed E-state index contributed by atoms with van der Waals surface area (Å²) in [5, 5.41) is 21.2. The molecule has 6 heteroatoms. The zero-order valence-electron chi connectivity index (χ0n) is 13.2. The van der Waals surface area contributed by atoms with E-state index in [1.807, 2.05) is 51.1 Å². The fourth-order valence-electron chi connectivity index (χ4n) is 2.58. The predicted molar refractivity (Wildman–Crippen MR) is 86.3 cm³/mol. The molecule has 0 unspecified atom stereocenters. The molecule has 0 fully saturated rings. The summed E-state index contributed by atoms with van der Waals surface area (Å²) in [5.74, 6) is 0.158. The van der Waals surface area contributed by atoms with Crippen molar-refractivity contribution in [3.63, 3.8) is 0 Å². The molecule has 0 radical (unpaired) electrons. The van der Waals surface area contributed by atoms with Crippen molar-refractivity contribution >= 4 is 5.95 Å². The smallest absolute Gasteiger partial charge is 0.247 e. The van der Waals surface area contributed by atoms with E-state index in [0.717, 1.165) is 22.5 Å². The van der Waals surface area contributed by atoms with Crippen LogP contribution in [0.1, 0.15) is 28.6 Å². The van der Waals surface area contributed by atoms with E-state index in [9.17, 15) is 10.4 Å². The highest BCUT2D eigenvalue weighted by Crippen LogP contribution is 2.32. The Morgan fingerprint density at radius 3 is 2.30 bits per heavy atom. The van der Waals surface area contributed by atoms with Gasteiger partial charge in [0, 0.05) is 11.4 Å². The number of nitrogens with one attached hydrogen (secondary N) is 1. The standard InChI is InChI=1S/C17H17N5O/c1-10-4-6-13(7-5-10)15-14(9-18)16(23)22(21-15)17-19-11(2)8-12(3)20-17/h4-8,15,21,23H,1-3H3/t15-/m0/s1. The fourth-order valence-corrected chi connectivity index (χ4v) is 2.58. The largest absolute Gasteiger partial charge is 0.493 e. The lowest BCUT2D eigenvalue weighted by atomic mass is 10.0. The Labute approximate surface area is 134 Å². The van der Waals surface area contributed by atoms with Crippen molar-refractivity contribution in [3.05, 3.63) is 64.3 Å². The minimum atomic E-state index is -0.426. The number of nitrogens with zero attached hydrogens (tertiary/aromatic N) is 4. The van der Waals surface area contributed by atoms with E-state index >= 15 is 0 Å². The van der Waals surface area contributed by atoms with Crippen LogP contribution in [0.2, 0.25) is 0 Å². The van der Waals surface area contributed by atoms with Crippen LogP contribution in [0.4, 0.5) is 5.95 Å². The number of nitriles is 1. The van der Waals surface area contributed by atoms with Crippen molar-refractivity contribution in [2.45, 2.75) is 26.8 Å². The van der Waals surface area contributed by atoms with Crippen LogP contribution < -0.4 is 10.4 Å². The maximum absolute atomic E-state index is 10.4. The van der Waals surface area contributed by atoms with E-state index in [-0.39, 0.29) is 11.5 Å². The molecule has 2 aromatic rings. The summed E-state index contributed by atoms with van der Waals surface area (Å²) in [6, 6.07) is 11.3. The lowest BCUT2D eigenvalue weighted by Crippen LogP contribution is -2.35. The van der Waals surface area contributed by atoms with Crippen molar-refractivity contribution in [2.75, 3.05) is 5.01 Å². The number of aliphatic hydroxyl groups excluding tert-OH is 1. The number of rotatable bonds is 2. The minimum Gasteiger partial charge on any atom is -0.493 e. The van der Waals surface area contributed by atoms with Gasteiger partial charge >= 0.3 is 0 Å². The van der Waals surface area contributed by atoms with Gasteiger partial charge in [-0.1, -0.05) is 29.8 Å². The molecule has 6 nitrogen and oxygen atoms in total. The maximum Gasteiger partial charge on any atom is 0.247 e. The Morgan fingerprint density at radius 2 is 1.74 bits per heavy atom. The second kappa shape index (κ2) is 5.71. The van der Waals surface area contributed by atoms with E-state index < -0.39 is 6.04 Å². The number of benzene rings is 1. The lowest BCUT2D eigenvalue weighted by Gasteiger charge is -2.19. The van der Waals surface area contributed by atoms with Crippen LogP contribution in [0.5, 0.6) is 0 Å². The molecule has 0 aliphatic carbocycles. The molecule has 0 saturated carbocycles. The fraction of sp³-hybridized carbons (Fsp3) is 0.235. The third-order valence-electron chi connectivity index (χ3n) is 3.70. The molecule has 1 aliphatic rings. The Bertz CT molecular complexity index is 800. The molecule has 116 valence electrons. The van der Waals surface area contributed by atoms with Crippen molar-refractivity contribution in [3.8, 4) is 6.07 Å². The maximum atomic E-state index is 10.4. The second-order valence-electron chi connectivity index (χ2n) is 5.61. The first-order chi connectivity index (χ1) is 11.0. The van der Waals surface area contributed by atoms with Gasteiger partial charge in [-0.2, -0.15) is 5.26 Å². The van der Waals surface area contributed by atoms with Gasteiger partial charge in [0.05, 0.1) is 6.04 Å². The van der Waals surface area contributed by atoms with E-state index in [4.69, 9.17) is 0 Å². The summed E-state index contributed by atoms with van der Waals surface area (Å²) in [6.45, 7) is 5.72. The first-order valence-corrected chi connectivity index (χ1v) is 7.28. The molecular weight excluding hydrogens is 290 g/mol. The molecule has 3 rings (SSSR count). The Balaban J connectivity index is 2.01. The number of hydrogen-bond acceptors (Lipinski definition) is 6. The average molecular weight is 307 g/mol. The molecule has 0 spiro atoms. The van der Waals surface area contributed by atoms with Crippen LogP contribution in [-0.4, -0.2) is 15.1 Å². The Morgan fingerprint density at radius 1 is 1.13 bits per heavy atom. The zero-order chi connectivity index (χ0) is 16.6. The third-order valence-corrected chi connectivity index (χ3v) is 3.70. The monoisotopic (exact) mass is 307 g/mol. The summed E-state index contributed by atoms with van der Waals surface area (Å²) in [7, 11) is 0. The third kappa shape index (κ3) is 2.74. The van der Waals surface area contributed by atoms with Crippen LogP contribution in [0.3, 0.4) is 0 Å². The van der Waals surface area contributed by atoms with Crippen LogP contribution in [0.25, 0.3) is 0 Å². The molecule has 23 heavy (non-hydrogen) atoms. The predicted octanol–water partition coefficient (Wildman–Crippen LogP) is 2.76. The van der Waals surface area contributed by atoms with E-state index in [0.29, 0.717) is 5.95 Å².